The van der Waals surface area contributed by atoms with Crippen LogP contribution in [0.4, 0.5) is 0 Å². The van der Waals surface area contributed by atoms with Gasteiger partial charge in [-0.25, -0.2) is 0 Å². The smallest absolute Gasteiger partial charge is 0.114 e. The van der Waals surface area contributed by atoms with Gasteiger partial charge in [0.05, 0.1) is 5.69 Å². The lowest BCUT2D eigenvalue weighted by atomic mass is 9.96. The number of aryl methyl sites for hydroxylation is 1. The van der Waals surface area contributed by atoms with Crippen molar-refractivity contribution in [1.82, 2.24) is 9.78 Å². The van der Waals surface area contributed by atoms with Gasteiger partial charge in [-0.15, -0.1) is 0 Å². The molecule has 0 saturated carbocycles. The number of hydrogen-bond donors (Lipinski definition) is 1. The highest BCUT2D eigenvalue weighted by Crippen LogP contribution is 2.37. The fraction of sp³-hybridized carbons (Fsp3) is 0.400. The van der Waals surface area contributed by atoms with Crippen molar-refractivity contribution in [2.24, 2.45) is 0 Å². The van der Waals surface area contributed by atoms with Crippen LogP contribution in [0.5, 0.6) is 0 Å². The highest BCUT2D eigenvalue weighted by molar-refractivity contribution is 5.38. The molecule has 1 aromatic heterocycles. The average Bonchev–Trinajstić information content (AvgIpc) is 2.93. The van der Waals surface area contributed by atoms with E-state index in [1.54, 1.807) is 6.20 Å². The van der Waals surface area contributed by atoms with E-state index in [0.717, 1.165) is 18.7 Å². The second-order valence-corrected chi connectivity index (χ2v) is 5.09. The van der Waals surface area contributed by atoms with E-state index in [9.17, 15) is 5.11 Å². The number of aliphatic hydroxyl groups is 1. The first-order chi connectivity index (χ1) is 8.73. The van der Waals surface area contributed by atoms with Gasteiger partial charge in [0.15, 0.2) is 0 Å². The monoisotopic (exact) mass is 242 g/mol. The molecule has 0 amide bonds. The van der Waals surface area contributed by atoms with Crippen molar-refractivity contribution in [2.75, 3.05) is 0 Å². The Morgan fingerprint density at radius 1 is 1.22 bits per heavy atom. The first-order valence-corrected chi connectivity index (χ1v) is 6.54. The molecular weight excluding hydrogens is 224 g/mol. The normalized spacial score (nSPS) is 16.8. The van der Waals surface area contributed by atoms with Gasteiger partial charge in [-0.3, -0.25) is 4.68 Å². The summed E-state index contributed by atoms with van der Waals surface area (Å²) in [4.78, 5) is 0. The van der Waals surface area contributed by atoms with Crippen molar-refractivity contribution >= 4 is 0 Å². The molecule has 2 aromatic rings. The lowest BCUT2D eigenvalue weighted by Crippen LogP contribution is -2.29. The Balaban J connectivity index is 1.96. The molecule has 1 aliphatic rings. The SMILES string of the molecule is CCCn1nccc1C1(O)Cc2ccccc2C1. The number of aromatic nitrogens is 2. The molecule has 3 heteroatoms. The quantitative estimate of drug-likeness (QED) is 0.896. The van der Waals surface area contributed by atoms with Crippen LogP contribution >= 0.6 is 0 Å². The number of rotatable bonds is 3. The first-order valence-electron chi connectivity index (χ1n) is 6.54. The summed E-state index contributed by atoms with van der Waals surface area (Å²) in [6.45, 7) is 2.99. The van der Waals surface area contributed by atoms with Crippen LogP contribution in [0.2, 0.25) is 0 Å². The Labute approximate surface area is 107 Å². The van der Waals surface area contributed by atoms with Crippen LogP contribution in [0.15, 0.2) is 36.5 Å². The van der Waals surface area contributed by atoms with Crippen molar-refractivity contribution in [3.63, 3.8) is 0 Å². The number of fused-ring (bicyclic) bond motifs is 1. The third-order valence-electron chi connectivity index (χ3n) is 3.71. The van der Waals surface area contributed by atoms with Gasteiger partial charge in [0.2, 0.25) is 0 Å². The predicted octanol–water partition coefficient (Wildman–Crippen LogP) is 2.28. The highest BCUT2D eigenvalue weighted by atomic mass is 16.3. The minimum Gasteiger partial charge on any atom is -0.383 e. The summed E-state index contributed by atoms with van der Waals surface area (Å²) in [6, 6.07) is 10.2. The number of benzene rings is 1. The van der Waals surface area contributed by atoms with Gasteiger partial charge in [0, 0.05) is 25.6 Å². The number of nitrogens with zero attached hydrogens (tertiary/aromatic N) is 2. The lowest BCUT2D eigenvalue weighted by molar-refractivity contribution is 0.0385. The highest BCUT2D eigenvalue weighted by Gasteiger charge is 2.38. The van der Waals surface area contributed by atoms with Gasteiger partial charge in [0.25, 0.3) is 0 Å². The second kappa shape index (κ2) is 4.25. The van der Waals surface area contributed by atoms with Crippen LogP contribution in [-0.2, 0) is 25.0 Å². The fourth-order valence-electron chi connectivity index (χ4n) is 2.89. The molecule has 3 nitrogen and oxygen atoms in total. The van der Waals surface area contributed by atoms with Crippen molar-refractivity contribution in [3.05, 3.63) is 53.3 Å². The third kappa shape index (κ3) is 1.75. The molecule has 0 radical (unpaired) electrons. The van der Waals surface area contributed by atoms with Crippen molar-refractivity contribution in [2.45, 2.75) is 38.3 Å². The lowest BCUT2D eigenvalue weighted by Gasteiger charge is -2.23. The summed E-state index contributed by atoms with van der Waals surface area (Å²) >= 11 is 0. The van der Waals surface area contributed by atoms with Gasteiger partial charge in [-0.1, -0.05) is 31.2 Å². The van der Waals surface area contributed by atoms with E-state index >= 15 is 0 Å². The zero-order valence-electron chi connectivity index (χ0n) is 10.6. The van der Waals surface area contributed by atoms with Gasteiger partial charge >= 0.3 is 0 Å². The third-order valence-corrected chi connectivity index (χ3v) is 3.71. The zero-order chi connectivity index (χ0) is 12.6. The Kier molecular flexibility index (Phi) is 2.71. The molecule has 0 bridgehead atoms. The molecule has 0 fully saturated rings. The molecule has 18 heavy (non-hydrogen) atoms. The summed E-state index contributed by atoms with van der Waals surface area (Å²) in [5, 5.41) is 15.2. The maximum atomic E-state index is 10.9. The van der Waals surface area contributed by atoms with E-state index in [1.165, 1.54) is 11.1 Å². The second-order valence-electron chi connectivity index (χ2n) is 5.09. The molecule has 1 heterocycles. The summed E-state index contributed by atoms with van der Waals surface area (Å²) < 4.78 is 1.94. The van der Waals surface area contributed by atoms with E-state index in [2.05, 4.69) is 24.2 Å². The molecule has 0 aliphatic heterocycles. The molecule has 1 N–H and O–H groups in total. The molecule has 94 valence electrons. The van der Waals surface area contributed by atoms with E-state index in [1.807, 2.05) is 22.9 Å². The Morgan fingerprint density at radius 3 is 2.50 bits per heavy atom. The Hall–Kier alpha value is -1.61. The van der Waals surface area contributed by atoms with E-state index < -0.39 is 5.60 Å². The van der Waals surface area contributed by atoms with Crippen LogP contribution in [0.1, 0.15) is 30.2 Å². The molecule has 0 spiro atoms. The van der Waals surface area contributed by atoms with E-state index in [-0.39, 0.29) is 0 Å². The topological polar surface area (TPSA) is 38.0 Å². The largest absolute Gasteiger partial charge is 0.383 e. The van der Waals surface area contributed by atoms with Crippen molar-refractivity contribution in [3.8, 4) is 0 Å². The standard InChI is InChI=1S/C15H18N2O/c1-2-9-17-14(7-8-16-17)15(18)10-12-5-3-4-6-13(12)11-15/h3-8,18H,2,9-11H2,1H3. The van der Waals surface area contributed by atoms with Gasteiger partial charge in [-0.05, 0) is 23.6 Å². The molecule has 1 aliphatic carbocycles. The Bertz CT molecular complexity index is 534. The molecular formula is C15H18N2O. The van der Waals surface area contributed by atoms with Crippen molar-refractivity contribution < 1.29 is 5.11 Å². The Morgan fingerprint density at radius 2 is 1.89 bits per heavy atom. The van der Waals surface area contributed by atoms with E-state index in [0.29, 0.717) is 12.8 Å². The first kappa shape index (κ1) is 11.5. The zero-order valence-corrected chi connectivity index (χ0v) is 10.6. The maximum Gasteiger partial charge on any atom is 0.114 e. The van der Waals surface area contributed by atoms with Gasteiger partial charge in [-0.2, -0.15) is 5.10 Å². The molecule has 0 atom stereocenters. The molecule has 1 aromatic carbocycles. The van der Waals surface area contributed by atoms with Gasteiger partial charge in [0.1, 0.15) is 5.60 Å². The van der Waals surface area contributed by atoms with Crippen LogP contribution in [-0.4, -0.2) is 14.9 Å². The fourth-order valence-corrected chi connectivity index (χ4v) is 2.89. The summed E-state index contributed by atoms with van der Waals surface area (Å²) in [5.41, 5.74) is 2.67. The molecule has 0 saturated heterocycles. The van der Waals surface area contributed by atoms with E-state index in [4.69, 9.17) is 0 Å². The van der Waals surface area contributed by atoms with Crippen LogP contribution in [0, 0.1) is 0 Å². The van der Waals surface area contributed by atoms with Gasteiger partial charge < -0.3 is 5.11 Å². The summed E-state index contributed by atoms with van der Waals surface area (Å²) in [6.07, 6.45) is 4.20. The summed E-state index contributed by atoms with van der Waals surface area (Å²) in [7, 11) is 0. The average molecular weight is 242 g/mol. The van der Waals surface area contributed by atoms with Crippen LogP contribution in [0.3, 0.4) is 0 Å². The molecule has 3 rings (SSSR count). The van der Waals surface area contributed by atoms with Crippen LogP contribution < -0.4 is 0 Å². The molecule has 0 unspecified atom stereocenters. The minimum atomic E-state index is -0.782. The maximum absolute atomic E-state index is 10.9. The predicted molar refractivity (Wildman–Crippen MR) is 70.3 cm³/mol. The summed E-state index contributed by atoms with van der Waals surface area (Å²) in [5.74, 6) is 0. The van der Waals surface area contributed by atoms with Crippen molar-refractivity contribution in [1.29, 1.82) is 0 Å². The minimum absolute atomic E-state index is 0.693. The number of hydrogen-bond acceptors (Lipinski definition) is 2. The van der Waals surface area contributed by atoms with Crippen LogP contribution in [0.25, 0.3) is 0 Å².